The number of hydrogen-bond acceptors (Lipinski definition) is 10. The molecule has 2 atom stereocenters. The third-order valence-electron chi connectivity index (χ3n) is 7.83. The second kappa shape index (κ2) is 14.1. The number of unbranched alkanes of at least 4 members (excludes halogenated alkanes) is 1. The number of benzene rings is 3. The van der Waals surface area contributed by atoms with Gasteiger partial charge in [0.05, 0.1) is 24.8 Å². The van der Waals surface area contributed by atoms with E-state index >= 15 is 0 Å². The molecule has 1 N–H and O–H groups in total. The van der Waals surface area contributed by atoms with E-state index in [0.29, 0.717) is 52.4 Å². The summed E-state index contributed by atoms with van der Waals surface area (Å²) in [4.78, 5) is 28.9. The van der Waals surface area contributed by atoms with Crippen molar-refractivity contribution in [1.82, 2.24) is 10.2 Å². The van der Waals surface area contributed by atoms with Gasteiger partial charge in [-0.1, -0.05) is 54.6 Å². The number of ether oxygens (including phenoxy) is 3. The number of carbonyl (C=O) groups is 2. The van der Waals surface area contributed by atoms with Crippen LogP contribution >= 0.6 is 23.1 Å². The van der Waals surface area contributed by atoms with Crippen LogP contribution in [0.1, 0.15) is 61.9 Å². The van der Waals surface area contributed by atoms with E-state index in [4.69, 9.17) is 14.2 Å². The summed E-state index contributed by atoms with van der Waals surface area (Å²) in [5.41, 5.74) is 2.67. The molecule has 6 rings (SSSR count). The van der Waals surface area contributed by atoms with Crippen LogP contribution in [0.4, 0.5) is 9.52 Å². The lowest BCUT2D eigenvalue weighted by Crippen LogP contribution is -2.29. The molecule has 4 aromatic rings. The summed E-state index contributed by atoms with van der Waals surface area (Å²) in [5, 5.41) is 20.5. The molecule has 0 bridgehead atoms. The van der Waals surface area contributed by atoms with Crippen LogP contribution in [-0.2, 0) is 21.8 Å². The van der Waals surface area contributed by atoms with Crippen molar-refractivity contribution < 1.29 is 33.3 Å². The molecule has 1 fully saturated rings. The number of nitrogens with zero attached hydrogens (tertiary/aromatic N) is 3. The van der Waals surface area contributed by atoms with Crippen molar-refractivity contribution in [2.75, 3.05) is 18.1 Å². The maximum Gasteiger partial charge on any atom is 0.301 e. The van der Waals surface area contributed by atoms with Crippen molar-refractivity contribution in [1.29, 1.82) is 0 Å². The molecule has 47 heavy (non-hydrogen) atoms. The number of aromatic nitrogens is 2. The first-order valence-corrected chi connectivity index (χ1v) is 17.3. The maximum atomic E-state index is 13.8. The standard InChI is InChI=1S/C35H34FN3O6S2/c1-4-6-15-44-27-14-9-22(18-28(27)43-5-2)30-29(31(40)23-10-13-26-24(17-23)16-20(3)45-26)32(41)33(42)39(30)34-37-38-35(47-34)46-19-21-7-11-25(36)12-8-21/h7-14,17-18,20,30,40H,4-6,15-16,19H2,1-3H3/t20-,30-/m0/s1. The Kier molecular flexibility index (Phi) is 9.79. The number of aliphatic hydroxyl groups is 1. The van der Waals surface area contributed by atoms with Crippen molar-refractivity contribution in [2.45, 2.75) is 62.3 Å². The summed E-state index contributed by atoms with van der Waals surface area (Å²) in [6.45, 7) is 6.78. The lowest BCUT2D eigenvalue weighted by atomic mass is 9.94. The first kappa shape index (κ1) is 32.5. The minimum atomic E-state index is -1.02. The van der Waals surface area contributed by atoms with Gasteiger partial charge in [-0.3, -0.25) is 14.5 Å². The van der Waals surface area contributed by atoms with Crippen LogP contribution in [0.2, 0.25) is 0 Å². The largest absolute Gasteiger partial charge is 0.507 e. The average Bonchev–Trinajstić information content (AvgIpc) is 3.76. The number of thioether (sulfide) groups is 1. The van der Waals surface area contributed by atoms with E-state index in [9.17, 15) is 19.1 Å². The maximum absolute atomic E-state index is 13.8. The van der Waals surface area contributed by atoms with Gasteiger partial charge in [0.25, 0.3) is 5.78 Å². The molecule has 1 amide bonds. The van der Waals surface area contributed by atoms with Crippen molar-refractivity contribution in [3.8, 4) is 17.2 Å². The monoisotopic (exact) mass is 675 g/mol. The number of rotatable bonds is 12. The smallest absolute Gasteiger partial charge is 0.301 e. The molecule has 12 heteroatoms. The lowest BCUT2D eigenvalue weighted by molar-refractivity contribution is -0.132. The van der Waals surface area contributed by atoms with E-state index in [2.05, 4.69) is 17.1 Å². The first-order valence-electron chi connectivity index (χ1n) is 15.5. The van der Waals surface area contributed by atoms with E-state index in [-0.39, 0.29) is 28.4 Å². The third-order valence-corrected chi connectivity index (χ3v) is 9.96. The van der Waals surface area contributed by atoms with E-state index in [1.54, 1.807) is 48.5 Å². The van der Waals surface area contributed by atoms with Crippen molar-refractivity contribution in [3.05, 3.63) is 94.3 Å². The van der Waals surface area contributed by atoms with Gasteiger partial charge in [-0.15, -0.1) is 10.2 Å². The number of hydrogen-bond donors (Lipinski definition) is 1. The minimum absolute atomic E-state index is 0.00412. The van der Waals surface area contributed by atoms with Gasteiger partial charge in [-0.05, 0) is 79.4 Å². The van der Waals surface area contributed by atoms with E-state index in [1.807, 2.05) is 13.8 Å². The second-order valence-corrected chi connectivity index (χ2v) is 13.4. The molecular formula is C35H34FN3O6S2. The highest BCUT2D eigenvalue weighted by Crippen LogP contribution is 2.46. The van der Waals surface area contributed by atoms with Crippen LogP contribution in [0.3, 0.4) is 0 Å². The van der Waals surface area contributed by atoms with Crippen LogP contribution in [0, 0.1) is 5.82 Å². The zero-order valence-corrected chi connectivity index (χ0v) is 27.8. The van der Waals surface area contributed by atoms with Crippen LogP contribution in [0.5, 0.6) is 17.2 Å². The van der Waals surface area contributed by atoms with Crippen molar-refractivity contribution in [2.24, 2.45) is 0 Å². The van der Waals surface area contributed by atoms with Gasteiger partial charge in [0.15, 0.2) is 15.8 Å². The molecule has 0 spiro atoms. The van der Waals surface area contributed by atoms with Gasteiger partial charge in [0, 0.05) is 17.7 Å². The fourth-order valence-corrected chi connectivity index (χ4v) is 7.39. The molecule has 244 valence electrons. The summed E-state index contributed by atoms with van der Waals surface area (Å²) in [6.07, 6.45) is 2.50. The molecule has 0 radical (unpaired) electrons. The van der Waals surface area contributed by atoms with Crippen LogP contribution in [0.15, 0.2) is 70.6 Å². The van der Waals surface area contributed by atoms with Crippen LogP contribution < -0.4 is 19.1 Å². The predicted molar refractivity (Wildman–Crippen MR) is 179 cm³/mol. The summed E-state index contributed by atoms with van der Waals surface area (Å²) >= 11 is 2.54. The average molecular weight is 676 g/mol. The zero-order chi connectivity index (χ0) is 33.1. The molecule has 2 aliphatic rings. The Bertz CT molecular complexity index is 1830. The van der Waals surface area contributed by atoms with Gasteiger partial charge in [0.1, 0.15) is 23.4 Å². The van der Waals surface area contributed by atoms with E-state index < -0.39 is 17.7 Å². The molecule has 0 saturated carbocycles. The molecule has 1 saturated heterocycles. The normalized spacial score (nSPS) is 18.3. The molecule has 3 heterocycles. The number of anilines is 1. The lowest BCUT2D eigenvalue weighted by Gasteiger charge is -2.23. The number of Topliss-reactive ketones (excluding diaryl/α,β-unsaturated/α-hetero) is 1. The summed E-state index contributed by atoms with van der Waals surface area (Å²) in [5.74, 6) is -0.0396. The number of ketones is 1. The Morgan fingerprint density at radius 3 is 2.64 bits per heavy atom. The molecule has 9 nitrogen and oxygen atoms in total. The second-order valence-electron chi connectivity index (χ2n) is 11.2. The van der Waals surface area contributed by atoms with Gasteiger partial charge in [0.2, 0.25) is 5.13 Å². The Hall–Kier alpha value is -4.42. The molecule has 0 unspecified atom stereocenters. The molecular weight excluding hydrogens is 642 g/mol. The predicted octanol–water partition coefficient (Wildman–Crippen LogP) is 7.50. The first-order chi connectivity index (χ1) is 22.8. The van der Waals surface area contributed by atoms with E-state index in [0.717, 1.165) is 41.1 Å². The summed E-state index contributed by atoms with van der Waals surface area (Å²) < 4.78 is 31.7. The Balaban J connectivity index is 1.41. The highest BCUT2D eigenvalue weighted by Gasteiger charge is 2.48. The summed E-state index contributed by atoms with van der Waals surface area (Å²) in [7, 11) is 0. The fraction of sp³-hybridized carbons (Fsp3) is 0.314. The van der Waals surface area contributed by atoms with Crippen LogP contribution in [0.25, 0.3) is 5.76 Å². The van der Waals surface area contributed by atoms with E-state index in [1.165, 1.54) is 28.8 Å². The van der Waals surface area contributed by atoms with Gasteiger partial charge >= 0.3 is 5.91 Å². The molecule has 2 aliphatic heterocycles. The van der Waals surface area contributed by atoms with Gasteiger partial charge in [-0.2, -0.15) is 0 Å². The topological polar surface area (TPSA) is 111 Å². The van der Waals surface area contributed by atoms with Gasteiger partial charge in [-0.25, -0.2) is 4.39 Å². The highest BCUT2D eigenvalue weighted by molar-refractivity contribution is 8.00. The third kappa shape index (κ3) is 6.84. The number of carbonyl (C=O) groups excluding carboxylic acids is 2. The van der Waals surface area contributed by atoms with Gasteiger partial charge < -0.3 is 19.3 Å². The molecule has 0 aliphatic carbocycles. The highest BCUT2D eigenvalue weighted by atomic mass is 32.2. The quantitative estimate of drug-likeness (QED) is 0.0408. The molecule has 1 aromatic heterocycles. The van der Waals surface area contributed by atoms with Crippen molar-refractivity contribution in [3.63, 3.8) is 0 Å². The van der Waals surface area contributed by atoms with Crippen LogP contribution in [-0.4, -0.2) is 46.3 Å². The number of aliphatic hydroxyl groups excluding tert-OH is 1. The number of fused-ring (bicyclic) bond motifs is 1. The number of amides is 1. The number of halogens is 1. The van der Waals surface area contributed by atoms with Crippen molar-refractivity contribution >= 4 is 45.7 Å². The SMILES string of the molecule is CCCCOc1ccc([C@H]2C(=C(O)c3ccc4c(c3)C[C@H](C)O4)C(=O)C(=O)N2c2nnc(SCc3ccc(F)cc3)s2)cc1OCC. The fourth-order valence-electron chi connectivity index (χ4n) is 5.56. The minimum Gasteiger partial charge on any atom is -0.507 e. The Labute approximate surface area is 280 Å². The Morgan fingerprint density at radius 2 is 1.87 bits per heavy atom. The Morgan fingerprint density at radius 1 is 1.06 bits per heavy atom. The zero-order valence-electron chi connectivity index (χ0n) is 26.2. The molecule has 3 aromatic carbocycles. The summed E-state index contributed by atoms with van der Waals surface area (Å²) in [6, 6.07) is 15.7.